The first kappa shape index (κ1) is 19.4. The molecule has 0 atom stereocenters. The van der Waals surface area contributed by atoms with Crippen LogP contribution in [0.1, 0.15) is 64.9 Å². The lowest BCUT2D eigenvalue weighted by Gasteiger charge is -2.37. The molecule has 144 valence electrons. The van der Waals surface area contributed by atoms with E-state index >= 15 is 0 Å². The zero-order chi connectivity index (χ0) is 18.6. The Balaban J connectivity index is 1.39. The van der Waals surface area contributed by atoms with E-state index in [1.165, 1.54) is 18.4 Å². The molecule has 1 aromatic rings. The lowest BCUT2D eigenvalue weighted by molar-refractivity contribution is -0.127. The maximum atomic E-state index is 12.7. The fraction of sp³-hybridized carbons (Fsp3) is 0.696. The van der Waals surface area contributed by atoms with E-state index in [9.17, 15) is 4.79 Å². The van der Waals surface area contributed by atoms with Gasteiger partial charge in [-0.1, -0.05) is 51.1 Å². The molecule has 1 N–H and O–H groups in total. The zero-order valence-corrected chi connectivity index (χ0v) is 16.8. The maximum Gasteiger partial charge on any atom is 0.223 e. The van der Waals surface area contributed by atoms with E-state index in [0.717, 1.165) is 51.2 Å². The molecule has 0 aromatic heterocycles. The Kier molecular flexibility index (Phi) is 6.39. The molecule has 0 spiro atoms. The number of nitrogens with zero attached hydrogens (tertiary/aromatic N) is 1. The summed E-state index contributed by atoms with van der Waals surface area (Å²) in [7, 11) is 0. The average Bonchev–Trinajstić information content (AvgIpc) is 2.63. The van der Waals surface area contributed by atoms with E-state index in [2.05, 4.69) is 61.3 Å². The molecule has 1 saturated carbocycles. The van der Waals surface area contributed by atoms with Crippen LogP contribution in [-0.2, 0) is 11.3 Å². The Hall–Kier alpha value is -1.35. The quantitative estimate of drug-likeness (QED) is 0.854. The van der Waals surface area contributed by atoms with Crippen molar-refractivity contribution in [2.24, 2.45) is 17.3 Å². The molecule has 3 heteroatoms. The Labute approximate surface area is 159 Å². The SMILES string of the molecule is CC(C)(C)C1CCC(C(=O)NC2CCN(Cc3ccccc3)CC2)CC1. The Morgan fingerprint density at radius 2 is 1.62 bits per heavy atom. The van der Waals surface area contributed by atoms with Crippen molar-refractivity contribution in [1.82, 2.24) is 10.2 Å². The van der Waals surface area contributed by atoms with Crippen LogP contribution in [0.25, 0.3) is 0 Å². The van der Waals surface area contributed by atoms with Gasteiger partial charge in [-0.15, -0.1) is 0 Å². The first-order valence-electron chi connectivity index (χ1n) is 10.5. The summed E-state index contributed by atoms with van der Waals surface area (Å²) in [4.78, 5) is 15.2. The number of hydrogen-bond acceptors (Lipinski definition) is 2. The van der Waals surface area contributed by atoms with Gasteiger partial charge in [-0.25, -0.2) is 0 Å². The summed E-state index contributed by atoms with van der Waals surface area (Å²) in [6.07, 6.45) is 6.71. The van der Waals surface area contributed by atoms with Crippen LogP contribution in [0.5, 0.6) is 0 Å². The topological polar surface area (TPSA) is 32.3 Å². The molecule has 1 aromatic carbocycles. The summed E-state index contributed by atoms with van der Waals surface area (Å²) in [5, 5.41) is 3.36. The minimum Gasteiger partial charge on any atom is -0.353 e. The molecule has 0 radical (unpaired) electrons. The first-order valence-corrected chi connectivity index (χ1v) is 10.5. The van der Waals surface area contributed by atoms with Gasteiger partial charge in [0.1, 0.15) is 0 Å². The van der Waals surface area contributed by atoms with Crippen molar-refractivity contribution in [3.05, 3.63) is 35.9 Å². The van der Waals surface area contributed by atoms with Gasteiger partial charge in [-0.3, -0.25) is 9.69 Å². The largest absolute Gasteiger partial charge is 0.353 e. The highest BCUT2D eigenvalue weighted by atomic mass is 16.1. The smallest absolute Gasteiger partial charge is 0.223 e. The zero-order valence-electron chi connectivity index (χ0n) is 16.8. The van der Waals surface area contributed by atoms with Gasteiger partial charge >= 0.3 is 0 Å². The molecule has 3 rings (SSSR count). The van der Waals surface area contributed by atoms with E-state index in [-0.39, 0.29) is 5.92 Å². The van der Waals surface area contributed by atoms with Crippen molar-refractivity contribution in [2.75, 3.05) is 13.1 Å². The Morgan fingerprint density at radius 3 is 2.19 bits per heavy atom. The Morgan fingerprint density at radius 1 is 1.00 bits per heavy atom. The number of rotatable bonds is 4. The predicted molar refractivity (Wildman–Crippen MR) is 108 cm³/mol. The lowest BCUT2D eigenvalue weighted by atomic mass is 9.69. The third-order valence-electron chi connectivity index (χ3n) is 6.51. The molecule has 1 amide bonds. The van der Waals surface area contributed by atoms with Gasteiger partial charge < -0.3 is 5.32 Å². The second-order valence-corrected chi connectivity index (χ2v) is 9.46. The average molecular weight is 357 g/mol. The van der Waals surface area contributed by atoms with Crippen molar-refractivity contribution in [1.29, 1.82) is 0 Å². The molecule has 3 nitrogen and oxygen atoms in total. The van der Waals surface area contributed by atoms with Crippen LogP contribution in [0.3, 0.4) is 0 Å². The molecule has 1 saturated heterocycles. The number of carbonyl (C=O) groups is 1. The van der Waals surface area contributed by atoms with Crippen molar-refractivity contribution < 1.29 is 4.79 Å². The predicted octanol–water partition coefficient (Wildman–Crippen LogP) is 4.62. The molecule has 26 heavy (non-hydrogen) atoms. The second-order valence-electron chi connectivity index (χ2n) is 9.46. The third kappa shape index (κ3) is 5.33. The van der Waals surface area contributed by atoms with Crippen LogP contribution in [0.2, 0.25) is 0 Å². The van der Waals surface area contributed by atoms with Crippen molar-refractivity contribution in [3.8, 4) is 0 Å². The summed E-state index contributed by atoms with van der Waals surface area (Å²) in [5.74, 6) is 1.34. The second kappa shape index (κ2) is 8.56. The number of amides is 1. The third-order valence-corrected chi connectivity index (χ3v) is 6.51. The molecule has 0 bridgehead atoms. The van der Waals surface area contributed by atoms with Gasteiger partial charge in [0.2, 0.25) is 5.91 Å². The molecule has 0 unspecified atom stereocenters. The summed E-state index contributed by atoms with van der Waals surface area (Å²) >= 11 is 0. The number of carbonyl (C=O) groups excluding carboxylic acids is 1. The summed E-state index contributed by atoms with van der Waals surface area (Å²) in [6.45, 7) is 10.2. The van der Waals surface area contributed by atoms with E-state index in [4.69, 9.17) is 0 Å². The van der Waals surface area contributed by atoms with Crippen molar-refractivity contribution in [3.63, 3.8) is 0 Å². The molecule has 2 aliphatic rings. The van der Waals surface area contributed by atoms with Crippen LogP contribution in [0.15, 0.2) is 30.3 Å². The molecular weight excluding hydrogens is 320 g/mol. The molecule has 1 aliphatic heterocycles. The molecule has 1 aliphatic carbocycles. The van der Waals surface area contributed by atoms with Crippen LogP contribution >= 0.6 is 0 Å². The van der Waals surface area contributed by atoms with Crippen molar-refractivity contribution in [2.45, 2.75) is 71.9 Å². The summed E-state index contributed by atoms with van der Waals surface area (Å²) < 4.78 is 0. The standard InChI is InChI=1S/C23H36N2O/c1-23(2,3)20-11-9-19(10-12-20)22(26)24-21-13-15-25(16-14-21)17-18-7-5-4-6-8-18/h4-8,19-21H,9-17H2,1-3H3,(H,24,26). The minimum atomic E-state index is 0.246. The number of likely N-dealkylation sites (tertiary alicyclic amines) is 1. The normalized spacial score (nSPS) is 25.8. The van der Waals surface area contributed by atoms with Gasteiger partial charge in [0.15, 0.2) is 0 Å². The van der Waals surface area contributed by atoms with E-state index in [1.54, 1.807) is 0 Å². The molecular formula is C23H36N2O. The summed E-state index contributed by atoms with van der Waals surface area (Å²) in [6, 6.07) is 11.0. The minimum absolute atomic E-state index is 0.246. The Bertz CT molecular complexity index is 562. The van der Waals surface area contributed by atoms with E-state index in [0.29, 0.717) is 17.4 Å². The highest BCUT2D eigenvalue weighted by Crippen LogP contribution is 2.39. The number of hydrogen-bond donors (Lipinski definition) is 1. The van der Waals surface area contributed by atoms with Gasteiger partial charge in [0, 0.05) is 31.6 Å². The van der Waals surface area contributed by atoms with Crippen LogP contribution < -0.4 is 5.32 Å². The van der Waals surface area contributed by atoms with Crippen LogP contribution in [0.4, 0.5) is 0 Å². The van der Waals surface area contributed by atoms with Gasteiger partial charge in [-0.05, 0) is 55.4 Å². The van der Waals surface area contributed by atoms with Gasteiger partial charge in [-0.2, -0.15) is 0 Å². The van der Waals surface area contributed by atoms with Gasteiger partial charge in [0.25, 0.3) is 0 Å². The number of benzene rings is 1. The highest BCUT2D eigenvalue weighted by Gasteiger charge is 2.33. The highest BCUT2D eigenvalue weighted by molar-refractivity contribution is 5.79. The molecule has 1 heterocycles. The fourth-order valence-electron chi connectivity index (χ4n) is 4.62. The van der Waals surface area contributed by atoms with Crippen LogP contribution in [-0.4, -0.2) is 29.9 Å². The lowest BCUT2D eigenvalue weighted by Crippen LogP contribution is -2.46. The van der Waals surface area contributed by atoms with E-state index < -0.39 is 0 Å². The maximum absolute atomic E-state index is 12.7. The summed E-state index contributed by atoms with van der Waals surface area (Å²) in [5.41, 5.74) is 1.76. The fourth-order valence-corrected chi connectivity index (χ4v) is 4.62. The van der Waals surface area contributed by atoms with E-state index in [1.807, 2.05) is 0 Å². The number of piperidine rings is 1. The monoisotopic (exact) mass is 356 g/mol. The van der Waals surface area contributed by atoms with Crippen molar-refractivity contribution >= 4 is 5.91 Å². The first-order chi connectivity index (χ1) is 12.4. The van der Waals surface area contributed by atoms with Crippen LogP contribution in [0, 0.1) is 17.3 Å². The van der Waals surface area contributed by atoms with Gasteiger partial charge in [0.05, 0.1) is 0 Å². The molecule has 2 fully saturated rings. The number of nitrogens with one attached hydrogen (secondary N) is 1.